The van der Waals surface area contributed by atoms with E-state index in [1.807, 2.05) is 30.3 Å². The molecule has 5 atom stereocenters. The quantitative estimate of drug-likeness (QED) is 0.628. The molecule has 152 valence electrons. The number of carbonyl (C=O) groups is 3. The van der Waals surface area contributed by atoms with Crippen LogP contribution in [-0.4, -0.2) is 57.1 Å². The molecule has 0 spiro atoms. The maximum atomic E-state index is 13.0. The molecule has 7 nitrogen and oxygen atoms in total. The van der Waals surface area contributed by atoms with Crippen molar-refractivity contribution in [1.82, 2.24) is 10.2 Å². The molecule has 1 aliphatic heterocycles. The topological polar surface area (TPSA) is 107 Å². The normalized spacial score (nSPS) is 25.9. The number of fused-ring (bicyclic) bond motifs is 1. The predicted molar refractivity (Wildman–Crippen MR) is 103 cm³/mol. The number of hydrogen-bond donors (Lipinski definition) is 3. The lowest BCUT2D eigenvalue weighted by Crippen LogP contribution is -2.55. The Morgan fingerprint density at radius 2 is 1.89 bits per heavy atom. The van der Waals surface area contributed by atoms with Crippen molar-refractivity contribution in [2.75, 3.05) is 0 Å². The molecule has 28 heavy (non-hydrogen) atoms. The molecule has 0 radical (unpaired) electrons. The van der Waals surface area contributed by atoms with E-state index in [4.69, 9.17) is 0 Å². The smallest absolute Gasteiger partial charge is 0.326 e. The zero-order valence-electron chi connectivity index (χ0n) is 16.1. The molecular weight excluding hydrogens is 360 g/mol. The molecule has 1 aromatic carbocycles. The highest BCUT2D eigenvalue weighted by Gasteiger charge is 2.49. The second-order valence-corrected chi connectivity index (χ2v) is 7.90. The summed E-state index contributed by atoms with van der Waals surface area (Å²) in [6, 6.07) is 7.13. The van der Waals surface area contributed by atoms with E-state index in [0.717, 1.165) is 24.8 Å². The summed E-state index contributed by atoms with van der Waals surface area (Å²) in [5.41, 5.74) is 1.04. The average molecular weight is 388 g/mol. The van der Waals surface area contributed by atoms with Gasteiger partial charge in [-0.15, -0.1) is 0 Å². The van der Waals surface area contributed by atoms with Crippen molar-refractivity contribution < 1.29 is 24.6 Å². The Kier molecular flexibility index (Phi) is 6.34. The number of carboxylic acid groups (broad SMARTS) is 2. The fraction of sp³-hybridized carbons (Fsp3) is 0.571. The van der Waals surface area contributed by atoms with Gasteiger partial charge in [0.1, 0.15) is 12.1 Å². The SMILES string of the molecule is CC(NC(CCc1ccccc1)C(=O)O)C(=O)N1[C@H](C(=O)O)C[C@@H]2CCC[C@@H]21. The number of hydrogen-bond acceptors (Lipinski definition) is 4. The first kappa shape index (κ1) is 20.3. The number of carboxylic acids is 2. The first-order chi connectivity index (χ1) is 13.4. The molecule has 1 heterocycles. The van der Waals surface area contributed by atoms with Crippen LogP contribution in [0.15, 0.2) is 30.3 Å². The molecule has 1 saturated heterocycles. The third-order valence-electron chi connectivity index (χ3n) is 6.06. The third kappa shape index (κ3) is 4.35. The molecule has 2 fully saturated rings. The van der Waals surface area contributed by atoms with Crippen LogP contribution in [0.25, 0.3) is 0 Å². The van der Waals surface area contributed by atoms with Crippen LogP contribution in [0, 0.1) is 5.92 Å². The van der Waals surface area contributed by atoms with Crippen molar-refractivity contribution in [2.24, 2.45) is 5.92 Å². The van der Waals surface area contributed by atoms with E-state index in [1.54, 1.807) is 6.92 Å². The van der Waals surface area contributed by atoms with E-state index < -0.39 is 30.1 Å². The number of likely N-dealkylation sites (tertiary alicyclic amines) is 1. The van der Waals surface area contributed by atoms with E-state index >= 15 is 0 Å². The Morgan fingerprint density at radius 3 is 2.54 bits per heavy atom. The number of carbonyl (C=O) groups excluding carboxylic acids is 1. The number of rotatable bonds is 8. The highest BCUT2D eigenvalue weighted by molar-refractivity contribution is 5.88. The summed E-state index contributed by atoms with van der Waals surface area (Å²) in [5, 5.41) is 22.0. The minimum atomic E-state index is -1.01. The van der Waals surface area contributed by atoms with Crippen molar-refractivity contribution >= 4 is 17.8 Å². The van der Waals surface area contributed by atoms with Crippen LogP contribution in [0.1, 0.15) is 44.6 Å². The average Bonchev–Trinajstić information content (AvgIpc) is 3.26. The molecule has 2 unspecified atom stereocenters. The van der Waals surface area contributed by atoms with Gasteiger partial charge in [-0.2, -0.15) is 0 Å². The molecule has 0 aromatic heterocycles. The molecule has 7 heteroatoms. The summed E-state index contributed by atoms with van der Waals surface area (Å²) in [7, 11) is 0. The summed E-state index contributed by atoms with van der Waals surface area (Å²) in [4.78, 5) is 37.9. The number of nitrogens with zero attached hydrogens (tertiary/aromatic N) is 1. The number of amides is 1. The monoisotopic (exact) mass is 388 g/mol. The van der Waals surface area contributed by atoms with Gasteiger partial charge in [-0.25, -0.2) is 4.79 Å². The molecule has 0 bridgehead atoms. The van der Waals surface area contributed by atoms with Crippen molar-refractivity contribution in [3.8, 4) is 0 Å². The standard InChI is InChI=1S/C21H28N2O5/c1-13(22-16(20(25)26)11-10-14-6-3-2-4-7-14)19(24)23-17-9-5-8-15(17)12-18(23)21(27)28/h2-4,6-7,13,15-18,22H,5,8-12H2,1H3,(H,25,26)(H,27,28)/t13?,15-,16?,17-,18-/m0/s1. The number of benzene rings is 1. The van der Waals surface area contributed by atoms with Gasteiger partial charge in [0, 0.05) is 6.04 Å². The Balaban J connectivity index is 1.65. The maximum Gasteiger partial charge on any atom is 0.326 e. The van der Waals surface area contributed by atoms with Gasteiger partial charge in [0.15, 0.2) is 0 Å². The highest BCUT2D eigenvalue weighted by Crippen LogP contribution is 2.41. The zero-order chi connectivity index (χ0) is 20.3. The second kappa shape index (κ2) is 8.73. The first-order valence-corrected chi connectivity index (χ1v) is 9.96. The lowest BCUT2D eigenvalue weighted by atomic mass is 10.0. The summed E-state index contributed by atoms with van der Waals surface area (Å²) in [5.74, 6) is -2.06. The molecule has 1 saturated carbocycles. The predicted octanol–water partition coefficient (Wildman–Crippen LogP) is 1.90. The van der Waals surface area contributed by atoms with Gasteiger partial charge in [-0.05, 0) is 50.5 Å². The van der Waals surface area contributed by atoms with E-state index in [2.05, 4.69) is 5.32 Å². The minimum absolute atomic E-state index is 0.0366. The van der Waals surface area contributed by atoms with Crippen LogP contribution >= 0.6 is 0 Å². The van der Waals surface area contributed by atoms with Crippen molar-refractivity contribution in [3.63, 3.8) is 0 Å². The fourth-order valence-electron chi connectivity index (χ4n) is 4.66. The van der Waals surface area contributed by atoms with E-state index in [9.17, 15) is 24.6 Å². The van der Waals surface area contributed by atoms with Crippen LogP contribution in [-0.2, 0) is 20.8 Å². The zero-order valence-corrected chi connectivity index (χ0v) is 16.1. The summed E-state index contributed by atoms with van der Waals surface area (Å²) in [6.07, 6.45) is 4.21. The first-order valence-electron chi connectivity index (χ1n) is 9.96. The minimum Gasteiger partial charge on any atom is -0.480 e. The van der Waals surface area contributed by atoms with Crippen LogP contribution in [0.3, 0.4) is 0 Å². The van der Waals surface area contributed by atoms with Crippen molar-refractivity contribution in [2.45, 2.75) is 69.6 Å². The van der Waals surface area contributed by atoms with Gasteiger partial charge in [0.25, 0.3) is 0 Å². The second-order valence-electron chi connectivity index (χ2n) is 7.90. The Hall–Kier alpha value is -2.41. The largest absolute Gasteiger partial charge is 0.480 e. The van der Waals surface area contributed by atoms with Gasteiger partial charge >= 0.3 is 11.9 Å². The van der Waals surface area contributed by atoms with Crippen LogP contribution in [0.5, 0.6) is 0 Å². The van der Waals surface area contributed by atoms with Crippen LogP contribution < -0.4 is 5.32 Å². The van der Waals surface area contributed by atoms with Gasteiger partial charge in [-0.3, -0.25) is 14.9 Å². The summed E-state index contributed by atoms with van der Waals surface area (Å²) in [6.45, 7) is 1.63. The maximum absolute atomic E-state index is 13.0. The van der Waals surface area contributed by atoms with E-state index in [1.165, 1.54) is 4.90 Å². The van der Waals surface area contributed by atoms with Crippen LogP contribution in [0.4, 0.5) is 0 Å². The summed E-state index contributed by atoms with van der Waals surface area (Å²) >= 11 is 0. The van der Waals surface area contributed by atoms with Gasteiger partial charge < -0.3 is 15.1 Å². The molecule has 1 amide bonds. The third-order valence-corrected chi connectivity index (χ3v) is 6.06. The lowest BCUT2D eigenvalue weighted by Gasteiger charge is -2.31. The fourth-order valence-corrected chi connectivity index (χ4v) is 4.66. The highest BCUT2D eigenvalue weighted by atomic mass is 16.4. The number of aliphatic carboxylic acids is 2. The van der Waals surface area contributed by atoms with Crippen molar-refractivity contribution in [1.29, 1.82) is 0 Å². The van der Waals surface area contributed by atoms with Gasteiger partial charge in [0.05, 0.1) is 6.04 Å². The molecule has 2 aliphatic rings. The number of aryl methyl sites for hydroxylation is 1. The number of nitrogens with one attached hydrogen (secondary N) is 1. The Labute approximate surface area is 164 Å². The Morgan fingerprint density at radius 1 is 1.18 bits per heavy atom. The van der Waals surface area contributed by atoms with E-state index in [-0.39, 0.29) is 17.9 Å². The molecule has 1 aromatic rings. The molecular formula is C21H28N2O5. The lowest BCUT2D eigenvalue weighted by molar-refractivity contribution is -0.151. The van der Waals surface area contributed by atoms with Crippen LogP contribution in [0.2, 0.25) is 0 Å². The summed E-state index contributed by atoms with van der Waals surface area (Å²) < 4.78 is 0. The molecule has 1 aliphatic carbocycles. The van der Waals surface area contributed by atoms with Gasteiger partial charge in [0.2, 0.25) is 5.91 Å². The van der Waals surface area contributed by atoms with Gasteiger partial charge in [-0.1, -0.05) is 36.8 Å². The molecule has 3 rings (SSSR count). The Bertz CT molecular complexity index is 723. The van der Waals surface area contributed by atoms with E-state index in [0.29, 0.717) is 19.3 Å². The molecule has 3 N–H and O–H groups in total. The van der Waals surface area contributed by atoms with Crippen molar-refractivity contribution in [3.05, 3.63) is 35.9 Å².